The first kappa shape index (κ1) is 19.0. The van der Waals surface area contributed by atoms with E-state index in [1.165, 1.54) is 15.1 Å². The molecule has 1 aromatic heterocycles. The Morgan fingerprint density at radius 1 is 1.07 bits per heavy atom. The van der Waals surface area contributed by atoms with E-state index in [0.717, 1.165) is 38.2 Å². The van der Waals surface area contributed by atoms with Crippen molar-refractivity contribution >= 4 is 22.4 Å². The van der Waals surface area contributed by atoms with E-state index in [0.29, 0.717) is 10.8 Å². The fraction of sp³-hybridized carbons (Fsp3) is 0.273. The summed E-state index contributed by atoms with van der Waals surface area (Å²) < 4.78 is 1.19. The zero-order valence-corrected chi connectivity index (χ0v) is 16.4. The van der Waals surface area contributed by atoms with Gasteiger partial charge >= 0.3 is 0 Å². The van der Waals surface area contributed by atoms with Crippen molar-refractivity contribution in [3.05, 3.63) is 76.2 Å². The van der Waals surface area contributed by atoms with E-state index in [-0.39, 0.29) is 11.3 Å². The van der Waals surface area contributed by atoms with E-state index in [4.69, 9.17) is 0 Å². The molecule has 3 aromatic rings. The number of rotatable bonds is 4. The average Bonchev–Trinajstić information content (AvgIpc) is 2.76. The molecule has 2 heterocycles. The Hall–Kier alpha value is -3.32. The summed E-state index contributed by atoms with van der Waals surface area (Å²) in [5, 5.41) is 9.49. The third-order valence-corrected chi connectivity index (χ3v) is 5.32. The van der Waals surface area contributed by atoms with E-state index >= 15 is 0 Å². The Balaban J connectivity index is 1.42. The third-order valence-electron chi connectivity index (χ3n) is 5.32. The van der Waals surface area contributed by atoms with Crippen LogP contribution in [0.3, 0.4) is 0 Å². The van der Waals surface area contributed by atoms with Gasteiger partial charge in [-0.3, -0.25) is 9.59 Å². The maximum absolute atomic E-state index is 12.7. The molecule has 148 valence electrons. The largest absolute Gasteiger partial charge is 0.331 e. The maximum Gasteiger partial charge on any atom is 0.292 e. The minimum atomic E-state index is -0.400. The Labute approximate surface area is 168 Å². The van der Waals surface area contributed by atoms with Crippen molar-refractivity contribution in [3.8, 4) is 0 Å². The van der Waals surface area contributed by atoms with Gasteiger partial charge in [0.05, 0.1) is 18.5 Å². The highest BCUT2D eigenvalue weighted by atomic mass is 16.2. The number of nitrogens with one attached hydrogen (secondary N) is 2. The number of hydrogen-bond acceptors (Lipinski definition) is 4. The van der Waals surface area contributed by atoms with Crippen LogP contribution in [0.4, 0.5) is 0 Å². The summed E-state index contributed by atoms with van der Waals surface area (Å²) in [6, 6.07) is 17.5. The van der Waals surface area contributed by atoms with E-state index in [2.05, 4.69) is 39.9 Å². The molecule has 2 N–H and O–H groups in total. The molecule has 7 nitrogen and oxygen atoms in total. The highest BCUT2D eigenvalue weighted by Crippen LogP contribution is 2.12. The van der Waals surface area contributed by atoms with Crippen molar-refractivity contribution in [1.82, 2.24) is 15.2 Å². The van der Waals surface area contributed by atoms with Crippen LogP contribution in [-0.4, -0.2) is 34.5 Å². The second-order valence-electron chi connectivity index (χ2n) is 7.35. The summed E-state index contributed by atoms with van der Waals surface area (Å²) in [6.07, 6.45) is 1.70. The lowest BCUT2D eigenvalue weighted by Crippen LogP contribution is -3.11. The van der Waals surface area contributed by atoms with Crippen LogP contribution in [-0.2, 0) is 13.6 Å². The number of fused-ring (bicyclic) bond motifs is 1. The number of aromatic nitrogens is 2. The molecular formula is C22H24N5O2+. The molecule has 0 aliphatic carbocycles. The van der Waals surface area contributed by atoms with Gasteiger partial charge in [-0.15, -0.1) is 0 Å². The first-order valence-electron chi connectivity index (χ1n) is 9.81. The normalized spacial score (nSPS) is 16.6. The van der Waals surface area contributed by atoms with Gasteiger partial charge in [-0.25, -0.2) is 10.1 Å². The lowest BCUT2D eigenvalue weighted by Gasteiger charge is -2.24. The number of piperidine rings is 1. The molecule has 0 spiro atoms. The number of hydrogen-bond donors (Lipinski definition) is 2. The van der Waals surface area contributed by atoms with Gasteiger partial charge in [0.2, 0.25) is 0 Å². The van der Waals surface area contributed by atoms with Crippen LogP contribution in [0.25, 0.3) is 10.8 Å². The van der Waals surface area contributed by atoms with Gasteiger partial charge in [-0.2, -0.15) is 10.2 Å². The topological polar surface area (TPSA) is 80.8 Å². The van der Waals surface area contributed by atoms with Crippen molar-refractivity contribution in [2.75, 3.05) is 13.1 Å². The highest BCUT2D eigenvalue weighted by Gasteiger charge is 2.20. The molecule has 2 aromatic carbocycles. The Kier molecular flexibility index (Phi) is 5.48. The Morgan fingerprint density at radius 3 is 2.45 bits per heavy atom. The summed E-state index contributed by atoms with van der Waals surface area (Å²) in [7, 11) is 1.54. The number of nitrogens with zero attached hydrogens (tertiary/aromatic N) is 3. The number of benzene rings is 2. The molecule has 0 bridgehead atoms. The molecule has 4 rings (SSSR count). The van der Waals surface area contributed by atoms with Crippen molar-refractivity contribution in [1.29, 1.82) is 0 Å². The minimum Gasteiger partial charge on any atom is -0.331 e. The van der Waals surface area contributed by atoms with Crippen LogP contribution in [0.5, 0.6) is 0 Å². The van der Waals surface area contributed by atoms with Gasteiger partial charge < -0.3 is 4.90 Å². The molecule has 1 fully saturated rings. The smallest absolute Gasteiger partial charge is 0.292 e. The first-order valence-corrected chi connectivity index (χ1v) is 9.81. The predicted molar refractivity (Wildman–Crippen MR) is 112 cm³/mol. The van der Waals surface area contributed by atoms with E-state index in [9.17, 15) is 9.59 Å². The number of amides is 1. The van der Waals surface area contributed by atoms with E-state index in [1.54, 1.807) is 31.3 Å². The lowest BCUT2D eigenvalue weighted by atomic mass is 10.1. The SMILES string of the molecule is Cn1nc(C(=O)NN=C2CC[NH+](Cc3ccccc3)CC2)c2ccccc2c1=O. The molecule has 0 unspecified atom stereocenters. The molecule has 29 heavy (non-hydrogen) atoms. The molecule has 1 amide bonds. The van der Waals surface area contributed by atoms with Crippen LogP contribution in [0.15, 0.2) is 64.5 Å². The van der Waals surface area contributed by atoms with Gasteiger partial charge in [-0.1, -0.05) is 48.5 Å². The van der Waals surface area contributed by atoms with Crippen LogP contribution in [0.1, 0.15) is 28.9 Å². The molecule has 0 saturated carbocycles. The van der Waals surface area contributed by atoms with Crippen LogP contribution >= 0.6 is 0 Å². The standard InChI is InChI=1S/C22H23N5O2/c1-26-22(29)19-10-6-5-9-18(19)20(25-26)21(28)24-23-17-11-13-27(14-12-17)15-16-7-3-2-4-8-16/h2-10H,11-15H2,1H3,(H,24,28)/p+1. The molecule has 0 radical (unpaired) electrons. The number of likely N-dealkylation sites (tertiary alicyclic amines) is 1. The van der Waals surface area contributed by atoms with E-state index in [1.807, 2.05) is 6.07 Å². The van der Waals surface area contributed by atoms with Crippen molar-refractivity contribution in [2.45, 2.75) is 19.4 Å². The van der Waals surface area contributed by atoms with Gasteiger partial charge in [0.1, 0.15) is 6.54 Å². The minimum absolute atomic E-state index is 0.208. The second kappa shape index (κ2) is 8.36. The molecule has 7 heteroatoms. The van der Waals surface area contributed by atoms with Crippen molar-refractivity contribution in [3.63, 3.8) is 0 Å². The van der Waals surface area contributed by atoms with Gasteiger partial charge in [-0.05, 0) is 6.07 Å². The summed E-state index contributed by atoms with van der Waals surface area (Å²) in [5.74, 6) is -0.400. The number of carbonyl (C=O) groups excluding carboxylic acids is 1. The zero-order valence-electron chi connectivity index (χ0n) is 16.4. The Morgan fingerprint density at radius 2 is 1.72 bits per heavy atom. The molecule has 0 atom stereocenters. The van der Waals surface area contributed by atoms with E-state index < -0.39 is 5.91 Å². The van der Waals surface area contributed by atoms with Crippen LogP contribution in [0.2, 0.25) is 0 Å². The van der Waals surface area contributed by atoms with Crippen molar-refractivity contribution < 1.29 is 9.69 Å². The van der Waals surface area contributed by atoms with Crippen LogP contribution < -0.4 is 15.9 Å². The quantitative estimate of drug-likeness (QED) is 0.650. The number of carbonyl (C=O) groups is 1. The zero-order chi connectivity index (χ0) is 20.2. The monoisotopic (exact) mass is 390 g/mol. The summed E-state index contributed by atoms with van der Waals surface area (Å²) in [6.45, 7) is 2.99. The average molecular weight is 390 g/mol. The fourth-order valence-corrected chi connectivity index (χ4v) is 3.72. The number of hydrazone groups is 1. The third kappa shape index (κ3) is 4.25. The maximum atomic E-state index is 12.7. The molecule has 1 aliphatic rings. The predicted octanol–water partition coefficient (Wildman–Crippen LogP) is 0.898. The highest BCUT2D eigenvalue weighted by molar-refractivity contribution is 6.05. The first-order chi connectivity index (χ1) is 14.1. The summed E-state index contributed by atoms with van der Waals surface area (Å²) >= 11 is 0. The van der Waals surface area contributed by atoms with Gasteiger partial charge in [0.15, 0.2) is 5.69 Å². The van der Waals surface area contributed by atoms with Gasteiger partial charge in [0, 0.05) is 36.6 Å². The number of quaternary nitrogens is 1. The van der Waals surface area contributed by atoms with Gasteiger partial charge in [0.25, 0.3) is 11.5 Å². The molecule has 1 aliphatic heterocycles. The second-order valence-corrected chi connectivity index (χ2v) is 7.35. The lowest BCUT2D eigenvalue weighted by molar-refractivity contribution is -0.914. The molecule has 1 saturated heterocycles. The van der Waals surface area contributed by atoms with Crippen molar-refractivity contribution in [2.24, 2.45) is 12.1 Å². The number of aryl methyl sites for hydroxylation is 1. The van der Waals surface area contributed by atoms with Crippen LogP contribution in [0, 0.1) is 0 Å². The summed E-state index contributed by atoms with van der Waals surface area (Å²) in [5.41, 5.74) is 4.94. The fourth-order valence-electron chi connectivity index (χ4n) is 3.72. The summed E-state index contributed by atoms with van der Waals surface area (Å²) in [4.78, 5) is 26.4. The Bertz CT molecular complexity index is 1110. The molecular weight excluding hydrogens is 366 g/mol.